The molecule has 84 valence electrons. The van der Waals surface area contributed by atoms with E-state index in [1.165, 1.54) is 12.8 Å². The van der Waals surface area contributed by atoms with Crippen LogP contribution >= 0.6 is 15.9 Å². The van der Waals surface area contributed by atoms with Crippen molar-refractivity contribution in [3.8, 4) is 0 Å². The van der Waals surface area contributed by atoms with E-state index in [9.17, 15) is 4.79 Å². The fourth-order valence-corrected chi connectivity index (χ4v) is 1.33. The molecule has 0 amide bonds. The standard InChI is InChI=1S/C11H21BrO2/c1-11(2,3)10(13)14-9-7-5-4-6-8-12/h4-9H2,1-3H3. The van der Waals surface area contributed by atoms with Gasteiger partial charge in [-0.2, -0.15) is 0 Å². The topological polar surface area (TPSA) is 26.3 Å². The molecule has 0 unspecified atom stereocenters. The van der Waals surface area contributed by atoms with Gasteiger partial charge in [-0.3, -0.25) is 4.79 Å². The highest BCUT2D eigenvalue weighted by Gasteiger charge is 2.22. The molecule has 0 aromatic carbocycles. The summed E-state index contributed by atoms with van der Waals surface area (Å²) < 4.78 is 5.14. The molecule has 0 aromatic heterocycles. The minimum absolute atomic E-state index is 0.0991. The summed E-state index contributed by atoms with van der Waals surface area (Å²) in [6, 6.07) is 0. The molecule has 0 N–H and O–H groups in total. The van der Waals surface area contributed by atoms with Crippen LogP contribution in [0.2, 0.25) is 0 Å². The Balaban J connectivity index is 3.33. The average molecular weight is 265 g/mol. The Labute approximate surface area is 95.5 Å². The van der Waals surface area contributed by atoms with Crippen molar-refractivity contribution in [2.45, 2.75) is 46.5 Å². The highest BCUT2D eigenvalue weighted by atomic mass is 79.9. The number of ether oxygens (including phenoxy) is 1. The van der Waals surface area contributed by atoms with Crippen LogP contribution in [0.5, 0.6) is 0 Å². The van der Waals surface area contributed by atoms with Crippen LogP contribution in [0.1, 0.15) is 46.5 Å². The molecule has 0 rings (SSSR count). The summed E-state index contributed by atoms with van der Waals surface area (Å²) in [6.07, 6.45) is 4.53. The molecule has 0 spiro atoms. The summed E-state index contributed by atoms with van der Waals surface area (Å²) in [4.78, 5) is 11.3. The summed E-state index contributed by atoms with van der Waals surface area (Å²) in [6.45, 7) is 6.19. The highest BCUT2D eigenvalue weighted by molar-refractivity contribution is 9.09. The van der Waals surface area contributed by atoms with E-state index in [0.717, 1.165) is 18.2 Å². The molecule has 0 aliphatic rings. The first kappa shape index (κ1) is 13.9. The van der Waals surface area contributed by atoms with Gasteiger partial charge in [0.05, 0.1) is 12.0 Å². The SMILES string of the molecule is CC(C)(C)C(=O)OCCCCCCBr. The number of alkyl halides is 1. The first-order valence-electron chi connectivity index (χ1n) is 5.21. The summed E-state index contributed by atoms with van der Waals surface area (Å²) in [5, 5.41) is 1.06. The smallest absolute Gasteiger partial charge is 0.311 e. The molecule has 14 heavy (non-hydrogen) atoms. The number of hydrogen-bond acceptors (Lipinski definition) is 2. The van der Waals surface area contributed by atoms with Gasteiger partial charge in [0.15, 0.2) is 0 Å². The molecule has 0 aliphatic carbocycles. The predicted molar refractivity (Wildman–Crippen MR) is 62.7 cm³/mol. The van der Waals surface area contributed by atoms with Gasteiger partial charge in [-0.25, -0.2) is 0 Å². The molecule has 0 aromatic rings. The lowest BCUT2D eigenvalue weighted by Gasteiger charge is -2.16. The Morgan fingerprint density at radius 1 is 1.14 bits per heavy atom. The second-order valence-electron chi connectivity index (χ2n) is 4.49. The van der Waals surface area contributed by atoms with Crippen molar-refractivity contribution in [1.29, 1.82) is 0 Å². The molecule has 0 fully saturated rings. The number of carbonyl (C=O) groups is 1. The fraction of sp³-hybridized carbons (Fsp3) is 0.909. The molecule has 0 bridgehead atoms. The van der Waals surface area contributed by atoms with Crippen molar-refractivity contribution in [2.75, 3.05) is 11.9 Å². The second-order valence-corrected chi connectivity index (χ2v) is 5.28. The van der Waals surface area contributed by atoms with Crippen LogP contribution < -0.4 is 0 Å². The Morgan fingerprint density at radius 3 is 2.21 bits per heavy atom. The number of unbranched alkanes of at least 4 members (excludes halogenated alkanes) is 3. The van der Waals surface area contributed by atoms with Crippen molar-refractivity contribution in [3.05, 3.63) is 0 Å². The van der Waals surface area contributed by atoms with E-state index >= 15 is 0 Å². The molecule has 0 aliphatic heterocycles. The normalized spacial score (nSPS) is 11.4. The number of halogens is 1. The van der Waals surface area contributed by atoms with Crippen LogP contribution in [-0.4, -0.2) is 17.9 Å². The first-order chi connectivity index (χ1) is 6.48. The summed E-state index contributed by atoms with van der Waals surface area (Å²) in [7, 11) is 0. The first-order valence-corrected chi connectivity index (χ1v) is 6.34. The van der Waals surface area contributed by atoms with Crippen molar-refractivity contribution in [3.63, 3.8) is 0 Å². The molecule has 2 nitrogen and oxygen atoms in total. The molecule has 0 radical (unpaired) electrons. The van der Waals surface area contributed by atoms with Crippen molar-refractivity contribution in [2.24, 2.45) is 5.41 Å². The number of esters is 1. The van der Waals surface area contributed by atoms with E-state index in [0.29, 0.717) is 6.61 Å². The van der Waals surface area contributed by atoms with Gasteiger partial charge in [0.1, 0.15) is 0 Å². The second kappa shape index (κ2) is 7.27. The molecule has 0 heterocycles. The maximum absolute atomic E-state index is 11.3. The molecule has 0 saturated heterocycles. The lowest BCUT2D eigenvalue weighted by atomic mass is 9.97. The maximum atomic E-state index is 11.3. The van der Waals surface area contributed by atoms with E-state index in [2.05, 4.69) is 15.9 Å². The number of carbonyl (C=O) groups excluding carboxylic acids is 1. The van der Waals surface area contributed by atoms with Crippen molar-refractivity contribution < 1.29 is 9.53 Å². The van der Waals surface area contributed by atoms with Crippen LogP contribution in [0.15, 0.2) is 0 Å². The van der Waals surface area contributed by atoms with Gasteiger partial charge >= 0.3 is 5.97 Å². The lowest BCUT2D eigenvalue weighted by Crippen LogP contribution is -2.23. The maximum Gasteiger partial charge on any atom is 0.311 e. The van der Waals surface area contributed by atoms with Gasteiger partial charge in [0, 0.05) is 5.33 Å². The zero-order valence-corrected chi connectivity index (χ0v) is 11.0. The van der Waals surface area contributed by atoms with E-state index in [1.54, 1.807) is 0 Å². The predicted octanol–water partition coefficient (Wildman–Crippen LogP) is 3.53. The van der Waals surface area contributed by atoms with Crippen molar-refractivity contribution in [1.82, 2.24) is 0 Å². The number of rotatable bonds is 6. The van der Waals surface area contributed by atoms with Gasteiger partial charge in [-0.15, -0.1) is 0 Å². The van der Waals surface area contributed by atoms with E-state index in [4.69, 9.17) is 4.74 Å². The molecular weight excluding hydrogens is 244 g/mol. The van der Waals surface area contributed by atoms with Gasteiger partial charge < -0.3 is 4.74 Å². The largest absolute Gasteiger partial charge is 0.465 e. The summed E-state index contributed by atoms with van der Waals surface area (Å²) in [5.41, 5.74) is -0.365. The van der Waals surface area contributed by atoms with E-state index in [-0.39, 0.29) is 11.4 Å². The fourth-order valence-electron chi connectivity index (χ4n) is 0.931. The third kappa shape index (κ3) is 7.36. The van der Waals surface area contributed by atoms with Crippen molar-refractivity contribution >= 4 is 21.9 Å². The molecule has 0 saturated carbocycles. The number of hydrogen-bond donors (Lipinski definition) is 0. The lowest BCUT2D eigenvalue weighted by molar-refractivity contribution is -0.153. The molecule has 3 heteroatoms. The van der Waals surface area contributed by atoms with Gasteiger partial charge in [-0.05, 0) is 33.6 Å². The van der Waals surface area contributed by atoms with Gasteiger partial charge in [0.25, 0.3) is 0 Å². The Morgan fingerprint density at radius 2 is 1.71 bits per heavy atom. The minimum Gasteiger partial charge on any atom is -0.465 e. The van der Waals surface area contributed by atoms with Crippen LogP contribution in [0.4, 0.5) is 0 Å². The van der Waals surface area contributed by atoms with E-state index < -0.39 is 0 Å². The average Bonchev–Trinajstić information content (AvgIpc) is 2.09. The van der Waals surface area contributed by atoms with Crippen LogP contribution in [0.3, 0.4) is 0 Å². The van der Waals surface area contributed by atoms with E-state index in [1.807, 2.05) is 20.8 Å². The van der Waals surface area contributed by atoms with Crippen LogP contribution in [0, 0.1) is 5.41 Å². The molecule has 0 atom stereocenters. The van der Waals surface area contributed by atoms with Crippen LogP contribution in [-0.2, 0) is 9.53 Å². The minimum atomic E-state index is -0.365. The molecular formula is C11H21BrO2. The Kier molecular flexibility index (Phi) is 7.24. The monoisotopic (exact) mass is 264 g/mol. The van der Waals surface area contributed by atoms with Gasteiger partial charge in [0.2, 0.25) is 0 Å². The zero-order chi connectivity index (χ0) is 11.0. The quantitative estimate of drug-likeness (QED) is 0.417. The Bertz CT molecular complexity index is 161. The highest BCUT2D eigenvalue weighted by Crippen LogP contribution is 2.15. The third-order valence-electron chi connectivity index (χ3n) is 1.87. The van der Waals surface area contributed by atoms with Crippen LogP contribution in [0.25, 0.3) is 0 Å². The summed E-state index contributed by atoms with van der Waals surface area (Å²) >= 11 is 3.38. The van der Waals surface area contributed by atoms with Gasteiger partial charge in [-0.1, -0.05) is 28.8 Å². The summed E-state index contributed by atoms with van der Waals surface area (Å²) in [5.74, 6) is -0.0991. The third-order valence-corrected chi connectivity index (χ3v) is 2.43. The Hall–Kier alpha value is -0.0500. The zero-order valence-electron chi connectivity index (χ0n) is 9.44.